The molecule has 2 aliphatic rings. The van der Waals surface area contributed by atoms with Crippen molar-refractivity contribution in [3.63, 3.8) is 0 Å². The Labute approximate surface area is 126 Å². The van der Waals surface area contributed by atoms with Gasteiger partial charge in [0.05, 0.1) is 6.54 Å². The largest absolute Gasteiger partial charge is 0.480 e. The number of carboxylic acids is 1. The first-order chi connectivity index (χ1) is 9.97. The minimum absolute atomic E-state index is 0.0675. The van der Waals surface area contributed by atoms with Gasteiger partial charge in [-0.2, -0.15) is 0 Å². The molecule has 0 unspecified atom stereocenters. The predicted molar refractivity (Wildman–Crippen MR) is 80.2 cm³/mol. The first-order valence-electron chi connectivity index (χ1n) is 7.97. The van der Waals surface area contributed by atoms with Crippen molar-refractivity contribution in [2.45, 2.75) is 39.2 Å². The van der Waals surface area contributed by atoms with E-state index in [9.17, 15) is 9.59 Å². The topological polar surface area (TPSA) is 64.1 Å². The fourth-order valence-electron chi connectivity index (χ4n) is 2.78. The van der Waals surface area contributed by atoms with Crippen LogP contribution in [0.15, 0.2) is 0 Å². The zero-order valence-corrected chi connectivity index (χ0v) is 13.1. The van der Waals surface area contributed by atoms with Gasteiger partial charge < -0.3 is 14.9 Å². The molecule has 0 aromatic rings. The molecular formula is C15H27N3O3. The van der Waals surface area contributed by atoms with Crippen LogP contribution in [0, 0.1) is 5.92 Å². The molecule has 2 amide bonds. The number of amides is 2. The molecule has 1 saturated heterocycles. The average Bonchev–Trinajstić information content (AvgIpc) is 3.21. The van der Waals surface area contributed by atoms with Crippen molar-refractivity contribution in [3.05, 3.63) is 0 Å². The lowest BCUT2D eigenvalue weighted by atomic mass is 10.3. The van der Waals surface area contributed by atoms with Crippen LogP contribution in [-0.4, -0.2) is 77.1 Å². The summed E-state index contributed by atoms with van der Waals surface area (Å²) in [6.07, 6.45) is 3.32. The lowest BCUT2D eigenvalue weighted by Crippen LogP contribution is -2.48. The van der Waals surface area contributed by atoms with E-state index >= 15 is 0 Å². The van der Waals surface area contributed by atoms with Crippen LogP contribution >= 0.6 is 0 Å². The Balaban J connectivity index is 1.89. The lowest BCUT2D eigenvalue weighted by molar-refractivity contribution is -0.138. The maximum Gasteiger partial charge on any atom is 0.320 e. The average molecular weight is 297 g/mol. The second-order valence-corrected chi connectivity index (χ2v) is 6.48. The summed E-state index contributed by atoms with van der Waals surface area (Å²) in [5.74, 6) is -0.112. The van der Waals surface area contributed by atoms with E-state index < -0.39 is 5.97 Å². The highest BCUT2D eigenvalue weighted by Gasteiger charge is 2.31. The quantitative estimate of drug-likeness (QED) is 0.831. The highest BCUT2D eigenvalue weighted by atomic mass is 16.4. The predicted octanol–water partition coefficient (Wildman–Crippen LogP) is 1.32. The van der Waals surface area contributed by atoms with Crippen LogP contribution in [0.2, 0.25) is 0 Å². The number of hydrogen-bond donors (Lipinski definition) is 1. The Morgan fingerprint density at radius 3 is 2.48 bits per heavy atom. The summed E-state index contributed by atoms with van der Waals surface area (Å²) in [5.41, 5.74) is 0. The van der Waals surface area contributed by atoms with Crippen molar-refractivity contribution >= 4 is 12.0 Å². The number of hydrogen-bond acceptors (Lipinski definition) is 3. The van der Waals surface area contributed by atoms with E-state index in [1.165, 1.54) is 12.8 Å². The first-order valence-corrected chi connectivity index (χ1v) is 7.97. The zero-order chi connectivity index (χ0) is 15.4. The summed E-state index contributed by atoms with van der Waals surface area (Å²) < 4.78 is 0. The van der Waals surface area contributed by atoms with Crippen molar-refractivity contribution in [2.24, 2.45) is 5.92 Å². The van der Waals surface area contributed by atoms with Crippen molar-refractivity contribution in [1.29, 1.82) is 0 Å². The van der Waals surface area contributed by atoms with E-state index in [1.54, 1.807) is 0 Å². The molecule has 6 nitrogen and oxygen atoms in total. The molecule has 1 aliphatic heterocycles. The number of urea groups is 1. The van der Waals surface area contributed by atoms with E-state index in [0.717, 1.165) is 26.1 Å². The van der Waals surface area contributed by atoms with E-state index in [1.807, 2.05) is 14.7 Å². The molecule has 0 bridgehead atoms. The van der Waals surface area contributed by atoms with Gasteiger partial charge in [0.1, 0.15) is 0 Å². The van der Waals surface area contributed by atoms with Crippen molar-refractivity contribution < 1.29 is 14.7 Å². The monoisotopic (exact) mass is 297 g/mol. The zero-order valence-electron chi connectivity index (χ0n) is 13.1. The molecule has 1 saturated carbocycles. The number of carbonyl (C=O) groups excluding carboxylic acids is 1. The number of carbonyl (C=O) groups is 2. The molecule has 2 fully saturated rings. The smallest absolute Gasteiger partial charge is 0.320 e. The van der Waals surface area contributed by atoms with Gasteiger partial charge in [0.15, 0.2) is 0 Å². The van der Waals surface area contributed by atoms with Gasteiger partial charge in [-0.05, 0) is 39.0 Å². The Morgan fingerprint density at radius 1 is 1.19 bits per heavy atom. The second-order valence-electron chi connectivity index (χ2n) is 6.48. The third-order valence-corrected chi connectivity index (χ3v) is 4.24. The maximum absolute atomic E-state index is 12.7. The third kappa shape index (κ3) is 4.88. The van der Waals surface area contributed by atoms with E-state index in [0.29, 0.717) is 19.0 Å². The van der Waals surface area contributed by atoms with E-state index in [2.05, 4.69) is 13.8 Å². The highest BCUT2D eigenvalue weighted by Crippen LogP contribution is 2.30. The lowest BCUT2D eigenvalue weighted by Gasteiger charge is -2.33. The van der Waals surface area contributed by atoms with Crippen molar-refractivity contribution in [3.8, 4) is 0 Å². The molecule has 1 aliphatic carbocycles. The molecule has 21 heavy (non-hydrogen) atoms. The van der Waals surface area contributed by atoms with Crippen LogP contribution in [0.5, 0.6) is 0 Å². The fraction of sp³-hybridized carbons (Fsp3) is 0.867. The molecule has 2 rings (SSSR count). The van der Waals surface area contributed by atoms with Crippen LogP contribution in [0.4, 0.5) is 4.79 Å². The normalized spacial score (nSPS) is 20.4. The molecule has 0 aromatic heterocycles. The van der Waals surface area contributed by atoms with Crippen LogP contribution in [-0.2, 0) is 4.79 Å². The number of rotatable bonds is 5. The van der Waals surface area contributed by atoms with Gasteiger partial charge in [0, 0.05) is 38.8 Å². The SMILES string of the molecule is CC(C)N(CC1CC1)C(=O)N1CCCN(CC(=O)O)CC1. The molecule has 1 heterocycles. The van der Waals surface area contributed by atoms with Crippen LogP contribution in [0.1, 0.15) is 33.1 Å². The molecule has 120 valence electrons. The van der Waals surface area contributed by atoms with Crippen molar-refractivity contribution in [2.75, 3.05) is 39.3 Å². The Bertz CT molecular complexity index is 382. The standard InChI is InChI=1S/C15H27N3O3/c1-12(2)18(10-13-4-5-13)15(21)17-7-3-6-16(8-9-17)11-14(19)20/h12-13H,3-11H2,1-2H3,(H,19,20). The summed E-state index contributed by atoms with van der Waals surface area (Å²) in [6, 6.07) is 0.338. The van der Waals surface area contributed by atoms with Gasteiger partial charge in [0.25, 0.3) is 0 Å². The van der Waals surface area contributed by atoms with Gasteiger partial charge in [-0.15, -0.1) is 0 Å². The van der Waals surface area contributed by atoms with Gasteiger partial charge in [-0.3, -0.25) is 9.69 Å². The summed E-state index contributed by atoms with van der Waals surface area (Å²) in [4.78, 5) is 29.3. The molecule has 6 heteroatoms. The number of nitrogens with zero attached hydrogens (tertiary/aromatic N) is 3. The van der Waals surface area contributed by atoms with E-state index in [4.69, 9.17) is 5.11 Å². The van der Waals surface area contributed by atoms with Gasteiger partial charge in [-0.1, -0.05) is 0 Å². The molecule has 1 N–H and O–H groups in total. The summed E-state index contributed by atoms with van der Waals surface area (Å²) in [7, 11) is 0. The maximum atomic E-state index is 12.7. The Morgan fingerprint density at radius 2 is 1.90 bits per heavy atom. The fourth-order valence-corrected chi connectivity index (χ4v) is 2.78. The van der Waals surface area contributed by atoms with Gasteiger partial charge in [-0.25, -0.2) is 4.79 Å². The summed E-state index contributed by atoms with van der Waals surface area (Å²) in [6.45, 7) is 7.81. The molecule has 0 atom stereocenters. The minimum atomic E-state index is -0.799. The summed E-state index contributed by atoms with van der Waals surface area (Å²) in [5, 5.41) is 8.87. The van der Waals surface area contributed by atoms with Crippen LogP contribution < -0.4 is 0 Å². The molecule has 0 radical (unpaired) electrons. The Kier molecular flexibility index (Phi) is 5.45. The first kappa shape index (κ1) is 16.1. The Hall–Kier alpha value is -1.30. The molecule has 0 aromatic carbocycles. The number of aliphatic carboxylic acids is 1. The highest BCUT2D eigenvalue weighted by molar-refractivity contribution is 5.75. The molecule has 0 spiro atoms. The van der Waals surface area contributed by atoms with Crippen LogP contribution in [0.3, 0.4) is 0 Å². The number of carboxylic acid groups (broad SMARTS) is 1. The van der Waals surface area contributed by atoms with Crippen molar-refractivity contribution in [1.82, 2.24) is 14.7 Å². The second kappa shape index (κ2) is 7.11. The van der Waals surface area contributed by atoms with Gasteiger partial charge in [0.2, 0.25) is 0 Å². The van der Waals surface area contributed by atoms with E-state index in [-0.39, 0.29) is 18.6 Å². The summed E-state index contributed by atoms with van der Waals surface area (Å²) >= 11 is 0. The van der Waals surface area contributed by atoms with Gasteiger partial charge >= 0.3 is 12.0 Å². The molecular weight excluding hydrogens is 270 g/mol. The minimum Gasteiger partial charge on any atom is -0.480 e. The third-order valence-electron chi connectivity index (χ3n) is 4.24. The van der Waals surface area contributed by atoms with Crippen LogP contribution in [0.25, 0.3) is 0 Å².